The summed E-state index contributed by atoms with van der Waals surface area (Å²) in [6.45, 7) is 4.49. The third-order valence-electron chi connectivity index (χ3n) is 5.45. The Morgan fingerprint density at radius 2 is 0.880 bits per heavy atom. The number of rotatable bonds is 19. The van der Waals surface area contributed by atoms with E-state index in [4.69, 9.17) is 13.3 Å². The van der Waals surface area contributed by atoms with Crippen molar-refractivity contribution in [3.8, 4) is 0 Å². The maximum Gasteiger partial charge on any atom is 0.503 e. The first-order valence-electron chi connectivity index (χ1n) is 10.8. The van der Waals surface area contributed by atoms with Crippen LogP contribution in [0.1, 0.15) is 110 Å². The van der Waals surface area contributed by atoms with Gasteiger partial charge in [0.1, 0.15) is 0 Å². The quantitative estimate of drug-likeness (QED) is 0.178. The lowest BCUT2D eigenvalue weighted by atomic mass is 10.0. The molecule has 0 N–H and O–H groups in total. The van der Waals surface area contributed by atoms with E-state index in [-0.39, 0.29) is 0 Å². The summed E-state index contributed by atoms with van der Waals surface area (Å²) in [5.41, 5.74) is 0.379. The van der Waals surface area contributed by atoms with E-state index in [2.05, 4.69) is 13.8 Å². The highest BCUT2D eigenvalue weighted by Crippen LogP contribution is 2.29. The van der Waals surface area contributed by atoms with E-state index < -0.39 is 8.80 Å². The number of unbranched alkanes of at least 4 members (excludes halogenated alkanes) is 13. The Bertz CT molecular complexity index is 262. The SMILES string of the molecule is CCCCCCCCCCCCCCCCC(C)[Si](OC)(OC)OC. The molecular weight excluding hydrogens is 328 g/mol. The molecule has 0 aliphatic carbocycles. The maximum absolute atomic E-state index is 5.56. The minimum Gasteiger partial charge on any atom is -0.377 e. The molecule has 0 saturated carbocycles. The van der Waals surface area contributed by atoms with Crippen molar-refractivity contribution >= 4 is 8.80 Å². The molecule has 152 valence electrons. The Morgan fingerprint density at radius 3 is 1.20 bits per heavy atom. The van der Waals surface area contributed by atoms with Crippen molar-refractivity contribution in [1.82, 2.24) is 0 Å². The molecule has 0 spiro atoms. The molecule has 0 amide bonds. The standard InChI is InChI=1S/C21H46O3Si/c1-6-7-8-9-10-11-12-13-14-15-16-17-18-19-20-21(2)25(22-3,23-4)24-5/h21H,6-20H2,1-5H3. The van der Waals surface area contributed by atoms with Crippen molar-refractivity contribution in [1.29, 1.82) is 0 Å². The second-order valence-corrected chi connectivity index (χ2v) is 10.9. The highest BCUT2D eigenvalue weighted by atomic mass is 28.4. The average Bonchev–Trinajstić information content (AvgIpc) is 2.64. The zero-order valence-electron chi connectivity index (χ0n) is 17.9. The highest BCUT2D eigenvalue weighted by Gasteiger charge is 2.43. The van der Waals surface area contributed by atoms with Gasteiger partial charge in [0.25, 0.3) is 0 Å². The van der Waals surface area contributed by atoms with Crippen LogP contribution in [0.4, 0.5) is 0 Å². The fraction of sp³-hybridized carbons (Fsp3) is 1.00. The molecule has 0 fully saturated rings. The van der Waals surface area contributed by atoms with Gasteiger partial charge in [0, 0.05) is 26.9 Å². The second kappa shape index (κ2) is 17.5. The van der Waals surface area contributed by atoms with Gasteiger partial charge in [-0.3, -0.25) is 0 Å². The minimum atomic E-state index is -2.43. The molecule has 0 aromatic carbocycles. The summed E-state index contributed by atoms with van der Waals surface area (Å²) in [7, 11) is 2.70. The molecule has 0 heterocycles. The van der Waals surface area contributed by atoms with E-state index in [1.165, 1.54) is 89.9 Å². The zero-order chi connectivity index (χ0) is 18.8. The van der Waals surface area contributed by atoms with Crippen molar-refractivity contribution in [3.63, 3.8) is 0 Å². The molecule has 3 nitrogen and oxygen atoms in total. The van der Waals surface area contributed by atoms with Gasteiger partial charge in [0.2, 0.25) is 0 Å². The van der Waals surface area contributed by atoms with Crippen LogP contribution in [0.2, 0.25) is 5.54 Å². The van der Waals surface area contributed by atoms with Crippen molar-refractivity contribution in [3.05, 3.63) is 0 Å². The van der Waals surface area contributed by atoms with Crippen LogP contribution >= 0.6 is 0 Å². The first-order valence-corrected chi connectivity index (χ1v) is 12.6. The van der Waals surface area contributed by atoms with Gasteiger partial charge >= 0.3 is 8.80 Å². The van der Waals surface area contributed by atoms with Crippen molar-refractivity contribution in [2.75, 3.05) is 21.3 Å². The van der Waals surface area contributed by atoms with Crippen LogP contribution in [-0.2, 0) is 13.3 Å². The first kappa shape index (κ1) is 25.1. The normalized spacial score (nSPS) is 13.3. The second-order valence-electron chi connectivity index (χ2n) is 7.50. The average molecular weight is 375 g/mol. The van der Waals surface area contributed by atoms with Gasteiger partial charge < -0.3 is 13.3 Å². The zero-order valence-corrected chi connectivity index (χ0v) is 18.9. The highest BCUT2D eigenvalue weighted by molar-refractivity contribution is 6.62. The van der Waals surface area contributed by atoms with Crippen LogP contribution in [0.25, 0.3) is 0 Å². The fourth-order valence-corrected chi connectivity index (χ4v) is 5.94. The molecule has 1 unspecified atom stereocenters. The summed E-state index contributed by atoms with van der Waals surface area (Å²) in [6.07, 6.45) is 20.8. The van der Waals surface area contributed by atoms with Gasteiger partial charge in [-0.15, -0.1) is 0 Å². The van der Waals surface area contributed by atoms with E-state index in [9.17, 15) is 0 Å². The molecule has 4 heteroatoms. The molecule has 0 bridgehead atoms. The van der Waals surface area contributed by atoms with Crippen LogP contribution in [-0.4, -0.2) is 30.1 Å². The first-order chi connectivity index (χ1) is 12.2. The summed E-state index contributed by atoms with van der Waals surface area (Å²) < 4.78 is 16.7. The third kappa shape index (κ3) is 12.2. The molecule has 0 saturated heterocycles. The van der Waals surface area contributed by atoms with Crippen LogP contribution in [0.3, 0.4) is 0 Å². The Morgan fingerprint density at radius 1 is 0.560 bits per heavy atom. The molecule has 25 heavy (non-hydrogen) atoms. The monoisotopic (exact) mass is 374 g/mol. The molecule has 0 aromatic rings. The van der Waals surface area contributed by atoms with Gasteiger partial charge in [-0.1, -0.05) is 104 Å². The van der Waals surface area contributed by atoms with Crippen LogP contribution in [0.15, 0.2) is 0 Å². The third-order valence-corrected chi connectivity index (χ3v) is 8.65. The molecule has 0 aliphatic heterocycles. The summed E-state index contributed by atoms with van der Waals surface area (Å²) in [5.74, 6) is 0. The molecule has 0 aromatic heterocycles. The molecule has 1 atom stereocenters. The van der Waals surface area contributed by atoms with Gasteiger partial charge in [-0.05, 0) is 6.42 Å². The topological polar surface area (TPSA) is 27.7 Å². The van der Waals surface area contributed by atoms with Gasteiger partial charge in [-0.25, -0.2) is 0 Å². The predicted molar refractivity (Wildman–Crippen MR) is 111 cm³/mol. The fourth-order valence-electron chi connectivity index (χ4n) is 3.68. The van der Waals surface area contributed by atoms with Crippen LogP contribution in [0, 0.1) is 0 Å². The lowest BCUT2D eigenvalue weighted by Crippen LogP contribution is -2.46. The van der Waals surface area contributed by atoms with Gasteiger partial charge in [0.05, 0.1) is 0 Å². The summed E-state index contributed by atoms with van der Waals surface area (Å²) in [6, 6.07) is 0. The van der Waals surface area contributed by atoms with E-state index in [1.54, 1.807) is 21.3 Å². The van der Waals surface area contributed by atoms with Gasteiger partial charge in [-0.2, -0.15) is 0 Å². The van der Waals surface area contributed by atoms with Gasteiger partial charge in [0.15, 0.2) is 0 Å². The maximum atomic E-state index is 5.56. The van der Waals surface area contributed by atoms with Crippen LogP contribution in [0.5, 0.6) is 0 Å². The summed E-state index contributed by atoms with van der Waals surface area (Å²) in [5, 5.41) is 0. The molecule has 0 aliphatic rings. The Balaban J connectivity index is 3.39. The number of hydrogen-bond donors (Lipinski definition) is 0. The predicted octanol–water partition coefficient (Wildman–Crippen LogP) is 7.13. The minimum absolute atomic E-state index is 0.379. The summed E-state index contributed by atoms with van der Waals surface area (Å²) >= 11 is 0. The number of hydrogen-bond acceptors (Lipinski definition) is 3. The van der Waals surface area contributed by atoms with E-state index in [1.807, 2.05) is 0 Å². The van der Waals surface area contributed by atoms with E-state index in [0.717, 1.165) is 6.42 Å². The van der Waals surface area contributed by atoms with E-state index >= 15 is 0 Å². The largest absolute Gasteiger partial charge is 0.503 e. The van der Waals surface area contributed by atoms with Crippen LogP contribution < -0.4 is 0 Å². The van der Waals surface area contributed by atoms with Crippen molar-refractivity contribution in [2.45, 2.75) is 116 Å². The van der Waals surface area contributed by atoms with E-state index in [0.29, 0.717) is 5.54 Å². The van der Waals surface area contributed by atoms with Crippen molar-refractivity contribution in [2.24, 2.45) is 0 Å². The van der Waals surface area contributed by atoms with Crippen molar-refractivity contribution < 1.29 is 13.3 Å². The Kier molecular flexibility index (Phi) is 17.6. The molecular formula is C21H46O3Si. The Hall–Kier alpha value is 0.0969. The lowest BCUT2D eigenvalue weighted by Gasteiger charge is -2.30. The molecule has 0 rings (SSSR count). The smallest absolute Gasteiger partial charge is 0.377 e. The lowest BCUT2D eigenvalue weighted by molar-refractivity contribution is 0.111. The summed E-state index contributed by atoms with van der Waals surface area (Å²) in [4.78, 5) is 0. The molecule has 0 radical (unpaired) electrons. The Labute approximate surface area is 159 Å².